The predicted octanol–water partition coefficient (Wildman–Crippen LogP) is 0.767. The van der Waals surface area contributed by atoms with Crippen LogP contribution in [-0.2, 0) is 11.2 Å². The first-order chi connectivity index (χ1) is 4.68. The van der Waals surface area contributed by atoms with Gasteiger partial charge in [-0.25, -0.2) is 4.98 Å². The van der Waals surface area contributed by atoms with Crippen LogP contribution >= 0.6 is 12.4 Å². The first-order valence-corrected chi connectivity index (χ1v) is 2.91. The normalized spacial score (nSPS) is 8.82. The molecule has 0 saturated heterocycles. The molecule has 1 heterocycles. The van der Waals surface area contributed by atoms with Gasteiger partial charge in [-0.15, -0.1) is 12.4 Å². The number of carboxylic acids is 1. The van der Waals surface area contributed by atoms with E-state index in [2.05, 4.69) is 9.97 Å². The summed E-state index contributed by atoms with van der Waals surface area (Å²) in [5, 5.41) is 8.32. The molecule has 0 unspecified atom stereocenters. The number of aliphatic carboxylic acids is 1. The molecule has 0 amide bonds. The summed E-state index contributed by atoms with van der Waals surface area (Å²) in [7, 11) is 0. The van der Waals surface area contributed by atoms with Gasteiger partial charge < -0.3 is 10.1 Å². The third-order valence-electron chi connectivity index (χ3n) is 1.07. The highest BCUT2D eigenvalue weighted by Crippen LogP contribution is 1.94. The fourth-order valence-electron chi connectivity index (χ4n) is 0.700. The molecule has 0 fully saturated rings. The van der Waals surface area contributed by atoms with Crippen molar-refractivity contribution in [2.45, 2.75) is 13.3 Å². The van der Waals surface area contributed by atoms with E-state index in [-0.39, 0.29) is 18.8 Å². The van der Waals surface area contributed by atoms with Crippen LogP contribution in [0.15, 0.2) is 6.20 Å². The monoisotopic (exact) mass is 176 g/mol. The second kappa shape index (κ2) is 3.98. The van der Waals surface area contributed by atoms with E-state index in [1.165, 1.54) is 0 Å². The molecule has 2 N–H and O–H groups in total. The third-order valence-corrected chi connectivity index (χ3v) is 1.07. The molecule has 0 atom stereocenters. The molecule has 0 spiro atoms. The summed E-state index contributed by atoms with van der Waals surface area (Å²) in [6.45, 7) is 1.83. The fraction of sp³-hybridized carbons (Fsp3) is 0.333. The summed E-state index contributed by atoms with van der Waals surface area (Å²) in [6.07, 6.45) is 1.58. The standard InChI is InChI=1S/C6H8N2O2.ClH/c1-4-3-7-5(8-4)2-6(9)10;/h3H,2H2,1H3,(H,7,8)(H,9,10);1H. The Labute approximate surface area is 70.1 Å². The van der Waals surface area contributed by atoms with Gasteiger partial charge in [0, 0.05) is 11.9 Å². The average Bonchev–Trinajstić information content (AvgIpc) is 2.13. The van der Waals surface area contributed by atoms with Gasteiger partial charge >= 0.3 is 5.97 Å². The molecule has 62 valence electrons. The van der Waals surface area contributed by atoms with Crippen LogP contribution in [-0.4, -0.2) is 21.0 Å². The molecule has 1 aromatic heterocycles. The van der Waals surface area contributed by atoms with E-state index in [4.69, 9.17) is 5.11 Å². The van der Waals surface area contributed by atoms with Gasteiger partial charge in [0.15, 0.2) is 0 Å². The van der Waals surface area contributed by atoms with E-state index in [1.54, 1.807) is 6.20 Å². The summed E-state index contributed by atoms with van der Waals surface area (Å²) in [5.41, 5.74) is 0.885. The van der Waals surface area contributed by atoms with Crippen molar-refractivity contribution < 1.29 is 9.90 Å². The molecule has 11 heavy (non-hydrogen) atoms. The van der Waals surface area contributed by atoms with Crippen molar-refractivity contribution in [1.29, 1.82) is 0 Å². The maximum Gasteiger partial charge on any atom is 0.311 e. The molecule has 1 aromatic rings. The number of aryl methyl sites for hydroxylation is 1. The highest BCUT2D eigenvalue weighted by atomic mass is 35.5. The van der Waals surface area contributed by atoms with Crippen molar-refractivity contribution in [3.05, 3.63) is 17.7 Å². The molecular weight excluding hydrogens is 168 g/mol. The van der Waals surface area contributed by atoms with Gasteiger partial charge in [-0.2, -0.15) is 0 Å². The first kappa shape index (κ1) is 9.97. The zero-order valence-electron chi connectivity index (χ0n) is 6.00. The summed E-state index contributed by atoms with van der Waals surface area (Å²) in [4.78, 5) is 16.8. The highest BCUT2D eigenvalue weighted by Gasteiger charge is 2.01. The maximum atomic E-state index is 10.1. The number of hydrogen-bond acceptors (Lipinski definition) is 2. The predicted molar refractivity (Wildman–Crippen MR) is 41.9 cm³/mol. The van der Waals surface area contributed by atoms with Gasteiger partial charge in [0.2, 0.25) is 0 Å². The Balaban J connectivity index is 0.000001000. The Bertz CT molecular complexity index is 246. The first-order valence-electron chi connectivity index (χ1n) is 2.91. The fourth-order valence-corrected chi connectivity index (χ4v) is 0.700. The molecule has 1 rings (SSSR count). The number of carbonyl (C=O) groups is 1. The molecule has 5 heteroatoms. The van der Waals surface area contributed by atoms with E-state index in [1.807, 2.05) is 6.92 Å². The van der Waals surface area contributed by atoms with Crippen molar-refractivity contribution in [3.8, 4) is 0 Å². The number of nitrogens with one attached hydrogen (secondary N) is 1. The van der Waals surface area contributed by atoms with Gasteiger partial charge in [-0.1, -0.05) is 0 Å². The zero-order chi connectivity index (χ0) is 7.56. The largest absolute Gasteiger partial charge is 0.481 e. The number of rotatable bonds is 2. The van der Waals surface area contributed by atoms with Crippen molar-refractivity contribution in [1.82, 2.24) is 9.97 Å². The Kier molecular flexibility index (Phi) is 3.60. The second-order valence-electron chi connectivity index (χ2n) is 2.08. The lowest BCUT2D eigenvalue weighted by Crippen LogP contribution is -2.01. The van der Waals surface area contributed by atoms with Crippen molar-refractivity contribution >= 4 is 18.4 Å². The summed E-state index contributed by atoms with van der Waals surface area (Å²) < 4.78 is 0. The van der Waals surface area contributed by atoms with E-state index in [9.17, 15) is 4.79 Å². The van der Waals surface area contributed by atoms with Gasteiger partial charge in [-0.3, -0.25) is 4.79 Å². The van der Waals surface area contributed by atoms with Crippen LogP contribution in [0.2, 0.25) is 0 Å². The Morgan fingerprint density at radius 1 is 1.82 bits per heavy atom. The molecule has 0 aromatic carbocycles. The van der Waals surface area contributed by atoms with E-state index < -0.39 is 5.97 Å². The highest BCUT2D eigenvalue weighted by molar-refractivity contribution is 5.85. The lowest BCUT2D eigenvalue weighted by molar-refractivity contribution is -0.136. The maximum absolute atomic E-state index is 10.1. The topological polar surface area (TPSA) is 66.0 Å². The second-order valence-corrected chi connectivity index (χ2v) is 2.08. The lowest BCUT2D eigenvalue weighted by atomic mass is 10.4. The van der Waals surface area contributed by atoms with Crippen LogP contribution in [0.1, 0.15) is 11.5 Å². The third kappa shape index (κ3) is 3.04. The van der Waals surface area contributed by atoms with Crippen molar-refractivity contribution in [2.24, 2.45) is 0 Å². The van der Waals surface area contributed by atoms with Crippen molar-refractivity contribution in [3.63, 3.8) is 0 Å². The van der Waals surface area contributed by atoms with E-state index in [0.29, 0.717) is 5.82 Å². The van der Waals surface area contributed by atoms with Crippen LogP contribution in [0.3, 0.4) is 0 Å². The smallest absolute Gasteiger partial charge is 0.311 e. The van der Waals surface area contributed by atoms with Crippen molar-refractivity contribution in [2.75, 3.05) is 0 Å². The number of hydrogen-bond donors (Lipinski definition) is 2. The molecule has 0 saturated carbocycles. The van der Waals surface area contributed by atoms with Crippen LogP contribution in [0, 0.1) is 6.92 Å². The van der Waals surface area contributed by atoms with Gasteiger partial charge in [0.25, 0.3) is 0 Å². The quantitative estimate of drug-likeness (QED) is 0.700. The molecule has 0 aliphatic rings. The van der Waals surface area contributed by atoms with E-state index >= 15 is 0 Å². The van der Waals surface area contributed by atoms with Crippen LogP contribution in [0.25, 0.3) is 0 Å². The van der Waals surface area contributed by atoms with Gasteiger partial charge in [0.05, 0.1) is 0 Å². The Morgan fingerprint density at radius 2 is 2.45 bits per heavy atom. The number of nitrogens with zero attached hydrogens (tertiary/aromatic N) is 1. The average molecular weight is 177 g/mol. The zero-order valence-corrected chi connectivity index (χ0v) is 6.81. The van der Waals surface area contributed by atoms with Crippen LogP contribution in [0.4, 0.5) is 0 Å². The van der Waals surface area contributed by atoms with E-state index in [0.717, 1.165) is 5.69 Å². The van der Waals surface area contributed by atoms with Gasteiger partial charge in [0.1, 0.15) is 12.2 Å². The summed E-state index contributed by atoms with van der Waals surface area (Å²) >= 11 is 0. The van der Waals surface area contributed by atoms with Crippen LogP contribution < -0.4 is 0 Å². The Morgan fingerprint density at radius 3 is 2.82 bits per heavy atom. The van der Waals surface area contributed by atoms with Gasteiger partial charge in [-0.05, 0) is 6.92 Å². The molecule has 0 aliphatic carbocycles. The number of aromatic nitrogens is 2. The molecule has 0 bridgehead atoms. The molecule has 0 radical (unpaired) electrons. The minimum Gasteiger partial charge on any atom is -0.481 e. The molecule has 4 nitrogen and oxygen atoms in total. The summed E-state index contributed by atoms with van der Waals surface area (Å²) in [5.74, 6) is -0.362. The van der Waals surface area contributed by atoms with Crippen LogP contribution in [0.5, 0.6) is 0 Å². The number of carboxylic acid groups (broad SMARTS) is 1. The number of imidazole rings is 1. The number of H-pyrrole nitrogens is 1. The lowest BCUT2D eigenvalue weighted by Gasteiger charge is -1.86. The molecular formula is C6H9ClN2O2. The Hall–Kier alpha value is -1.03. The summed E-state index contributed by atoms with van der Waals surface area (Å²) in [6, 6.07) is 0. The number of aromatic amines is 1. The SMILES string of the molecule is Cc1cnc(CC(=O)O)[nH]1.Cl. The minimum absolute atomic E-state index is 0. The minimum atomic E-state index is -0.866. The molecule has 0 aliphatic heterocycles. The number of halogens is 1.